The molecule has 0 radical (unpaired) electrons. The SMILES string of the molecule is CC1C(=O)N(CCCN2CCC3(CC2)CC3)CCN1C(=O)Nc1ccc2ccccc2c1. The van der Waals surface area contributed by atoms with Crippen molar-refractivity contribution in [2.75, 3.05) is 44.6 Å². The number of benzene rings is 2. The Labute approximate surface area is 190 Å². The van der Waals surface area contributed by atoms with E-state index in [0.717, 1.165) is 36.0 Å². The van der Waals surface area contributed by atoms with Gasteiger partial charge in [0, 0.05) is 25.3 Å². The third kappa shape index (κ3) is 4.46. The lowest BCUT2D eigenvalue weighted by atomic mass is 9.94. The van der Waals surface area contributed by atoms with Crippen LogP contribution in [0.2, 0.25) is 0 Å². The lowest BCUT2D eigenvalue weighted by Crippen LogP contribution is -2.58. The van der Waals surface area contributed by atoms with Crippen LogP contribution in [0.25, 0.3) is 10.8 Å². The maximum Gasteiger partial charge on any atom is 0.322 e. The van der Waals surface area contributed by atoms with Crippen molar-refractivity contribution in [1.29, 1.82) is 0 Å². The van der Waals surface area contributed by atoms with Crippen LogP contribution in [0.1, 0.15) is 39.0 Å². The largest absolute Gasteiger partial charge is 0.339 e. The van der Waals surface area contributed by atoms with Gasteiger partial charge in [0.2, 0.25) is 5.91 Å². The number of fused-ring (bicyclic) bond motifs is 1. The maximum absolute atomic E-state index is 12.9. The van der Waals surface area contributed by atoms with E-state index < -0.39 is 6.04 Å². The van der Waals surface area contributed by atoms with E-state index in [1.807, 2.05) is 48.2 Å². The van der Waals surface area contributed by atoms with Crippen LogP contribution in [0.15, 0.2) is 42.5 Å². The molecule has 1 spiro atoms. The Hall–Kier alpha value is -2.60. The zero-order valence-corrected chi connectivity index (χ0v) is 19.1. The molecule has 0 bridgehead atoms. The summed E-state index contributed by atoms with van der Waals surface area (Å²) in [6, 6.07) is 13.3. The van der Waals surface area contributed by atoms with Gasteiger partial charge in [-0.05, 0) is 87.0 Å². The first-order valence-corrected chi connectivity index (χ1v) is 12.1. The summed E-state index contributed by atoms with van der Waals surface area (Å²) in [5.41, 5.74) is 1.47. The Kier molecular flexibility index (Phi) is 5.80. The van der Waals surface area contributed by atoms with Crippen LogP contribution >= 0.6 is 0 Å². The number of carbonyl (C=O) groups is 2. The highest BCUT2D eigenvalue weighted by molar-refractivity contribution is 5.96. The van der Waals surface area contributed by atoms with E-state index in [9.17, 15) is 9.59 Å². The number of likely N-dealkylation sites (tertiary alicyclic amines) is 1. The number of piperazine rings is 1. The van der Waals surface area contributed by atoms with Crippen LogP contribution < -0.4 is 5.32 Å². The number of nitrogens with one attached hydrogen (secondary N) is 1. The molecule has 170 valence electrons. The molecule has 1 aliphatic carbocycles. The van der Waals surface area contributed by atoms with E-state index in [1.165, 1.54) is 38.8 Å². The molecule has 1 unspecified atom stereocenters. The van der Waals surface area contributed by atoms with E-state index in [0.29, 0.717) is 18.5 Å². The average Bonchev–Trinajstić information content (AvgIpc) is 3.57. The van der Waals surface area contributed by atoms with Crippen molar-refractivity contribution in [1.82, 2.24) is 14.7 Å². The summed E-state index contributed by atoms with van der Waals surface area (Å²) in [7, 11) is 0. The number of hydrogen-bond donors (Lipinski definition) is 1. The van der Waals surface area contributed by atoms with Crippen molar-refractivity contribution in [2.45, 2.75) is 45.1 Å². The number of urea groups is 1. The molecular formula is C26H34N4O2. The first-order valence-electron chi connectivity index (χ1n) is 12.1. The summed E-state index contributed by atoms with van der Waals surface area (Å²) < 4.78 is 0. The van der Waals surface area contributed by atoms with Crippen molar-refractivity contribution in [3.05, 3.63) is 42.5 Å². The van der Waals surface area contributed by atoms with Gasteiger partial charge < -0.3 is 20.0 Å². The molecule has 1 saturated carbocycles. The zero-order chi connectivity index (χ0) is 22.1. The van der Waals surface area contributed by atoms with Crippen LogP contribution in [0.3, 0.4) is 0 Å². The summed E-state index contributed by atoms with van der Waals surface area (Å²) >= 11 is 0. The van der Waals surface area contributed by atoms with Gasteiger partial charge in [0.15, 0.2) is 0 Å². The maximum atomic E-state index is 12.9. The summed E-state index contributed by atoms with van der Waals surface area (Å²) in [6.45, 7) is 7.30. The van der Waals surface area contributed by atoms with Gasteiger partial charge in [-0.3, -0.25) is 4.79 Å². The van der Waals surface area contributed by atoms with Crippen molar-refractivity contribution in [3.63, 3.8) is 0 Å². The highest BCUT2D eigenvalue weighted by Crippen LogP contribution is 2.53. The average molecular weight is 435 g/mol. The molecule has 1 N–H and O–H groups in total. The Morgan fingerprint density at radius 2 is 1.72 bits per heavy atom. The fourth-order valence-corrected chi connectivity index (χ4v) is 5.30. The predicted octanol–water partition coefficient (Wildman–Crippen LogP) is 4.17. The quantitative estimate of drug-likeness (QED) is 0.768. The predicted molar refractivity (Wildman–Crippen MR) is 128 cm³/mol. The zero-order valence-electron chi connectivity index (χ0n) is 19.1. The van der Waals surface area contributed by atoms with Crippen LogP contribution in [-0.2, 0) is 4.79 Å². The molecule has 6 nitrogen and oxygen atoms in total. The molecule has 2 aromatic rings. The van der Waals surface area contributed by atoms with E-state index in [2.05, 4.69) is 16.3 Å². The van der Waals surface area contributed by atoms with Crippen LogP contribution in [0, 0.1) is 5.41 Å². The minimum Gasteiger partial charge on any atom is -0.339 e. The number of anilines is 1. The number of hydrogen-bond acceptors (Lipinski definition) is 3. The third-order valence-corrected chi connectivity index (χ3v) is 7.79. The molecule has 3 fully saturated rings. The normalized spacial score (nSPS) is 23.0. The van der Waals surface area contributed by atoms with Crippen molar-refractivity contribution in [2.24, 2.45) is 5.41 Å². The van der Waals surface area contributed by atoms with Crippen LogP contribution in [0.4, 0.5) is 10.5 Å². The molecule has 1 atom stereocenters. The second kappa shape index (κ2) is 8.74. The van der Waals surface area contributed by atoms with Crippen molar-refractivity contribution >= 4 is 28.4 Å². The van der Waals surface area contributed by atoms with Crippen molar-refractivity contribution < 1.29 is 9.59 Å². The first kappa shape index (κ1) is 21.3. The summed E-state index contributed by atoms with van der Waals surface area (Å²) in [4.78, 5) is 32.0. The van der Waals surface area contributed by atoms with Gasteiger partial charge in [0.05, 0.1) is 0 Å². The Morgan fingerprint density at radius 3 is 2.47 bits per heavy atom. The van der Waals surface area contributed by atoms with Gasteiger partial charge >= 0.3 is 6.03 Å². The minimum absolute atomic E-state index is 0.0560. The molecule has 32 heavy (non-hydrogen) atoms. The standard InChI is InChI=1S/C26H34N4O2/c1-20-24(31)29(14-4-13-28-15-11-26(9-10-26)12-16-28)17-18-30(20)25(32)27-23-8-7-21-5-2-3-6-22(21)19-23/h2-3,5-8,19-20H,4,9-18H2,1H3,(H,27,32). The molecule has 2 aliphatic heterocycles. The Bertz CT molecular complexity index is 992. The molecule has 0 aromatic heterocycles. The number of piperidine rings is 1. The number of amides is 3. The second-order valence-corrected chi connectivity index (χ2v) is 9.88. The second-order valence-electron chi connectivity index (χ2n) is 9.88. The van der Waals surface area contributed by atoms with Gasteiger partial charge in [-0.1, -0.05) is 30.3 Å². The molecule has 2 saturated heterocycles. The van der Waals surface area contributed by atoms with Crippen LogP contribution in [-0.4, -0.2) is 71.9 Å². The van der Waals surface area contributed by atoms with Gasteiger partial charge in [-0.15, -0.1) is 0 Å². The topological polar surface area (TPSA) is 55.9 Å². The van der Waals surface area contributed by atoms with Gasteiger partial charge in [0.25, 0.3) is 0 Å². The summed E-state index contributed by atoms with van der Waals surface area (Å²) in [5, 5.41) is 5.20. The highest BCUT2D eigenvalue weighted by atomic mass is 16.2. The molecular weight excluding hydrogens is 400 g/mol. The summed E-state index contributed by atoms with van der Waals surface area (Å²) in [5.74, 6) is 0.0560. The number of rotatable bonds is 5. The van der Waals surface area contributed by atoms with Gasteiger partial charge in [-0.2, -0.15) is 0 Å². The lowest BCUT2D eigenvalue weighted by Gasteiger charge is -2.39. The summed E-state index contributed by atoms with van der Waals surface area (Å²) in [6.07, 6.45) is 6.59. The molecule has 5 rings (SSSR count). The Balaban J connectivity index is 1.10. The molecule has 2 aromatic carbocycles. The van der Waals surface area contributed by atoms with Gasteiger partial charge in [0.1, 0.15) is 6.04 Å². The van der Waals surface area contributed by atoms with Gasteiger partial charge in [-0.25, -0.2) is 4.79 Å². The third-order valence-electron chi connectivity index (χ3n) is 7.79. The molecule has 6 heteroatoms. The molecule has 3 aliphatic rings. The number of carbonyl (C=O) groups excluding carboxylic acids is 2. The van der Waals surface area contributed by atoms with Crippen molar-refractivity contribution in [3.8, 4) is 0 Å². The fraction of sp³-hybridized carbons (Fsp3) is 0.538. The first-order chi connectivity index (χ1) is 15.5. The van der Waals surface area contributed by atoms with E-state index in [1.54, 1.807) is 4.90 Å². The molecule has 3 amide bonds. The minimum atomic E-state index is -0.436. The lowest BCUT2D eigenvalue weighted by molar-refractivity contribution is -0.139. The highest BCUT2D eigenvalue weighted by Gasteiger charge is 2.44. The van der Waals surface area contributed by atoms with E-state index in [-0.39, 0.29) is 11.9 Å². The van der Waals surface area contributed by atoms with Crippen LogP contribution in [0.5, 0.6) is 0 Å². The smallest absolute Gasteiger partial charge is 0.322 e. The Morgan fingerprint density at radius 1 is 0.969 bits per heavy atom. The monoisotopic (exact) mass is 434 g/mol. The molecule has 2 heterocycles. The van der Waals surface area contributed by atoms with E-state index >= 15 is 0 Å². The fourth-order valence-electron chi connectivity index (χ4n) is 5.30. The van der Waals surface area contributed by atoms with E-state index in [4.69, 9.17) is 0 Å². The number of nitrogens with zero attached hydrogens (tertiary/aromatic N) is 3.